The van der Waals surface area contributed by atoms with Crippen LogP contribution < -0.4 is 5.73 Å². The number of rotatable bonds is 2. The molecule has 16 heavy (non-hydrogen) atoms. The summed E-state index contributed by atoms with van der Waals surface area (Å²) in [5.74, 6) is 0.764. The number of aromatic nitrogens is 1. The minimum absolute atomic E-state index is 0.281. The Hall–Kier alpha value is -1.39. The maximum absolute atomic E-state index is 9.72. The average molecular weight is 232 g/mol. The molecule has 0 saturated heterocycles. The van der Waals surface area contributed by atoms with Crippen molar-refractivity contribution in [1.82, 2.24) is 4.98 Å². The summed E-state index contributed by atoms with van der Waals surface area (Å²) >= 11 is 1.62. The van der Waals surface area contributed by atoms with E-state index in [4.69, 9.17) is 5.73 Å². The summed E-state index contributed by atoms with van der Waals surface area (Å²) < 4.78 is 0. The second kappa shape index (κ2) is 3.57. The average Bonchev–Trinajstić information content (AvgIpc) is 2.82. The molecule has 3 rings (SSSR count). The zero-order valence-electron chi connectivity index (χ0n) is 8.63. The van der Waals surface area contributed by atoms with Crippen molar-refractivity contribution in [1.29, 1.82) is 0 Å². The van der Waals surface area contributed by atoms with Gasteiger partial charge in [0.15, 0.2) is 0 Å². The highest BCUT2D eigenvalue weighted by molar-refractivity contribution is 7.15. The van der Waals surface area contributed by atoms with Gasteiger partial charge in [0.25, 0.3) is 0 Å². The zero-order valence-corrected chi connectivity index (χ0v) is 9.45. The summed E-state index contributed by atoms with van der Waals surface area (Å²) in [6, 6.07) is 7.57. The lowest BCUT2D eigenvalue weighted by Crippen LogP contribution is -1.99. The molecular formula is C12H12N2OS. The number of phenolic OH excluding ortho intramolecular Hbond substituents is 1. The van der Waals surface area contributed by atoms with E-state index >= 15 is 0 Å². The van der Waals surface area contributed by atoms with E-state index in [1.54, 1.807) is 17.4 Å². The first kappa shape index (κ1) is 9.81. The first-order chi connectivity index (χ1) is 7.75. The van der Waals surface area contributed by atoms with Crippen LogP contribution in [0.4, 0.5) is 0 Å². The van der Waals surface area contributed by atoms with Gasteiger partial charge < -0.3 is 10.8 Å². The van der Waals surface area contributed by atoms with Gasteiger partial charge in [-0.05, 0) is 18.6 Å². The molecule has 0 radical (unpaired) electrons. The Bertz CT molecular complexity index is 523. The largest absolute Gasteiger partial charge is 0.507 e. The van der Waals surface area contributed by atoms with E-state index in [0.29, 0.717) is 12.0 Å². The second-order valence-corrected chi connectivity index (χ2v) is 5.15. The third-order valence-electron chi connectivity index (χ3n) is 2.86. The molecule has 1 heterocycles. The highest BCUT2D eigenvalue weighted by Gasteiger charge is 2.36. The third-order valence-corrected chi connectivity index (χ3v) is 4.03. The summed E-state index contributed by atoms with van der Waals surface area (Å²) in [6.07, 6.45) is 2.94. The van der Waals surface area contributed by atoms with E-state index in [9.17, 15) is 5.11 Å². The van der Waals surface area contributed by atoms with E-state index < -0.39 is 0 Å². The Morgan fingerprint density at radius 1 is 1.38 bits per heavy atom. The van der Waals surface area contributed by atoms with E-state index in [2.05, 4.69) is 4.98 Å². The quantitative estimate of drug-likeness (QED) is 0.835. The van der Waals surface area contributed by atoms with Gasteiger partial charge in [-0.2, -0.15) is 0 Å². The lowest BCUT2D eigenvalue weighted by Gasteiger charge is -1.98. The van der Waals surface area contributed by atoms with Crippen molar-refractivity contribution in [3.8, 4) is 16.3 Å². The minimum atomic E-state index is 0.281. The van der Waals surface area contributed by atoms with Gasteiger partial charge in [-0.1, -0.05) is 12.1 Å². The molecule has 1 saturated carbocycles. The van der Waals surface area contributed by atoms with Crippen LogP contribution in [0.3, 0.4) is 0 Å². The maximum Gasteiger partial charge on any atom is 0.127 e. The molecule has 2 atom stereocenters. The van der Waals surface area contributed by atoms with E-state index in [0.717, 1.165) is 17.0 Å². The van der Waals surface area contributed by atoms with E-state index in [-0.39, 0.29) is 5.75 Å². The van der Waals surface area contributed by atoms with Gasteiger partial charge in [0.1, 0.15) is 10.8 Å². The van der Waals surface area contributed by atoms with Crippen molar-refractivity contribution >= 4 is 11.3 Å². The molecule has 4 heteroatoms. The number of nitrogens with two attached hydrogens (primary N) is 1. The van der Waals surface area contributed by atoms with Crippen molar-refractivity contribution in [2.75, 3.05) is 0 Å². The van der Waals surface area contributed by atoms with Crippen LogP contribution in [0.1, 0.15) is 17.2 Å². The number of aromatic hydroxyl groups is 1. The zero-order chi connectivity index (χ0) is 11.1. The molecule has 1 fully saturated rings. The fourth-order valence-corrected chi connectivity index (χ4v) is 2.92. The molecule has 0 spiro atoms. The molecule has 1 aromatic heterocycles. The fraction of sp³-hybridized carbons (Fsp3) is 0.250. The molecule has 0 amide bonds. The molecule has 2 unspecified atom stereocenters. The van der Waals surface area contributed by atoms with Gasteiger partial charge in [0.05, 0.1) is 5.56 Å². The smallest absolute Gasteiger partial charge is 0.127 e. The van der Waals surface area contributed by atoms with Crippen molar-refractivity contribution < 1.29 is 5.11 Å². The predicted molar refractivity (Wildman–Crippen MR) is 64.5 cm³/mol. The first-order valence-electron chi connectivity index (χ1n) is 5.25. The Morgan fingerprint density at radius 3 is 2.81 bits per heavy atom. The number of hydrogen-bond acceptors (Lipinski definition) is 4. The van der Waals surface area contributed by atoms with E-state index in [1.165, 1.54) is 4.88 Å². The third kappa shape index (κ3) is 1.60. The van der Waals surface area contributed by atoms with Crippen molar-refractivity contribution in [2.24, 2.45) is 5.73 Å². The van der Waals surface area contributed by atoms with Crippen LogP contribution in [-0.2, 0) is 0 Å². The van der Waals surface area contributed by atoms with Gasteiger partial charge in [-0.25, -0.2) is 4.98 Å². The highest BCUT2D eigenvalue weighted by Crippen LogP contribution is 2.44. The van der Waals surface area contributed by atoms with Gasteiger partial charge >= 0.3 is 0 Å². The van der Waals surface area contributed by atoms with Crippen molar-refractivity contribution in [2.45, 2.75) is 18.4 Å². The van der Waals surface area contributed by atoms with Crippen molar-refractivity contribution in [3.63, 3.8) is 0 Å². The number of thiazole rings is 1. The normalized spacial score (nSPS) is 23.3. The SMILES string of the molecule is NC1CC1c1cnc(-c2ccccc2O)s1. The number of para-hydroxylation sites is 1. The van der Waals surface area contributed by atoms with Crippen LogP contribution in [-0.4, -0.2) is 16.1 Å². The van der Waals surface area contributed by atoms with E-state index in [1.807, 2.05) is 24.4 Å². The van der Waals surface area contributed by atoms with Crippen LogP contribution in [0.2, 0.25) is 0 Å². The van der Waals surface area contributed by atoms with Crippen LogP contribution in [0.5, 0.6) is 5.75 Å². The lowest BCUT2D eigenvalue weighted by molar-refractivity contribution is 0.477. The summed E-state index contributed by atoms with van der Waals surface area (Å²) in [7, 11) is 0. The van der Waals surface area contributed by atoms with Crippen molar-refractivity contribution in [3.05, 3.63) is 35.3 Å². The number of nitrogens with zero attached hydrogens (tertiary/aromatic N) is 1. The van der Waals surface area contributed by atoms with Crippen LogP contribution >= 0.6 is 11.3 Å². The van der Waals surface area contributed by atoms with Crippen LogP contribution in [0, 0.1) is 0 Å². The molecule has 3 nitrogen and oxygen atoms in total. The topological polar surface area (TPSA) is 59.1 Å². The fourth-order valence-electron chi connectivity index (χ4n) is 1.78. The van der Waals surface area contributed by atoms with Crippen LogP contribution in [0.25, 0.3) is 10.6 Å². The Kier molecular flexibility index (Phi) is 2.19. The molecule has 82 valence electrons. The Labute approximate surface area is 97.6 Å². The molecular weight excluding hydrogens is 220 g/mol. The molecule has 2 aromatic rings. The van der Waals surface area contributed by atoms with Gasteiger partial charge in [0.2, 0.25) is 0 Å². The molecule has 0 aliphatic heterocycles. The standard InChI is InChI=1S/C12H12N2OS/c13-9-5-8(9)11-6-14-12(16-11)7-3-1-2-4-10(7)15/h1-4,6,8-9,15H,5,13H2. The van der Waals surface area contributed by atoms with Crippen LogP contribution in [0.15, 0.2) is 30.5 Å². The number of hydrogen-bond donors (Lipinski definition) is 2. The number of phenols is 1. The van der Waals surface area contributed by atoms with Gasteiger partial charge in [-0.15, -0.1) is 11.3 Å². The van der Waals surface area contributed by atoms with Gasteiger partial charge in [0, 0.05) is 23.0 Å². The molecule has 1 aliphatic rings. The monoisotopic (exact) mass is 232 g/mol. The molecule has 0 bridgehead atoms. The predicted octanol–water partition coefficient (Wildman–Crippen LogP) is 2.33. The molecule has 1 aromatic carbocycles. The summed E-state index contributed by atoms with van der Waals surface area (Å²) in [5.41, 5.74) is 6.60. The first-order valence-corrected chi connectivity index (χ1v) is 6.07. The summed E-state index contributed by atoms with van der Waals surface area (Å²) in [4.78, 5) is 5.57. The van der Waals surface area contributed by atoms with Gasteiger partial charge in [-0.3, -0.25) is 0 Å². The highest BCUT2D eigenvalue weighted by atomic mass is 32.1. The maximum atomic E-state index is 9.72. The summed E-state index contributed by atoms with van der Waals surface area (Å²) in [6.45, 7) is 0. The molecule has 1 aliphatic carbocycles. The Balaban J connectivity index is 1.95. The summed E-state index contributed by atoms with van der Waals surface area (Å²) in [5, 5.41) is 10.6. The number of benzene rings is 1. The minimum Gasteiger partial charge on any atom is -0.507 e. The molecule has 3 N–H and O–H groups in total. The Morgan fingerprint density at radius 2 is 2.12 bits per heavy atom. The second-order valence-electron chi connectivity index (χ2n) is 4.09. The lowest BCUT2D eigenvalue weighted by atomic mass is 10.2.